The first kappa shape index (κ1) is 26.5. The van der Waals surface area contributed by atoms with Crippen molar-refractivity contribution in [3.05, 3.63) is 149 Å². The Morgan fingerprint density at radius 1 is 0.571 bits per heavy atom. The van der Waals surface area contributed by atoms with Gasteiger partial charge in [0, 0.05) is 22.2 Å². The van der Waals surface area contributed by atoms with Crippen LogP contribution in [-0.4, -0.2) is 0 Å². The molecule has 0 spiro atoms. The van der Waals surface area contributed by atoms with Gasteiger partial charge in [0.15, 0.2) is 0 Å². The normalized spacial score (nSPS) is 15.0. The van der Waals surface area contributed by atoms with Gasteiger partial charge in [-0.2, -0.15) is 0 Å². The Balaban J connectivity index is 1.10. The Morgan fingerprint density at radius 3 is 1.71 bits per heavy atom. The number of hydrogen-bond acceptors (Lipinski definition) is 2. The van der Waals surface area contributed by atoms with Crippen LogP contribution in [0.25, 0.3) is 28.3 Å². The third-order valence-electron chi connectivity index (χ3n) is 9.37. The van der Waals surface area contributed by atoms with Crippen molar-refractivity contribution in [2.45, 2.75) is 51.7 Å². The number of benzene rings is 5. The van der Waals surface area contributed by atoms with E-state index >= 15 is 0 Å². The maximum Gasteiger partial charge on any atom is 0.0721 e. The molecule has 0 aromatic heterocycles. The molecular weight excluding hydrogens is 510 g/mol. The molecule has 208 valence electrons. The zero-order valence-corrected chi connectivity index (χ0v) is 24.9. The molecule has 0 aliphatic heterocycles. The lowest BCUT2D eigenvalue weighted by Crippen LogP contribution is -2.16. The molecule has 5 aromatic rings. The topological polar surface area (TPSA) is 21.3 Å². The molecule has 2 heteroatoms. The molecule has 0 heterocycles. The lowest BCUT2D eigenvalue weighted by molar-refractivity contribution is 0.107. The molecule has 42 heavy (non-hydrogen) atoms. The van der Waals surface area contributed by atoms with Crippen LogP contribution in [0.4, 0.5) is 11.4 Å². The second-order valence-corrected chi connectivity index (χ2v) is 12.8. The average molecular weight is 548 g/mol. The van der Waals surface area contributed by atoms with Crippen LogP contribution < -0.4 is 5.32 Å². The highest BCUT2D eigenvalue weighted by molar-refractivity contribution is 5.85. The van der Waals surface area contributed by atoms with Crippen LogP contribution in [0.1, 0.15) is 66.6 Å². The van der Waals surface area contributed by atoms with Crippen molar-refractivity contribution in [1.29, 1.82) is 0 Å². The second-order valence-electron chi connectivity index (χ2n) is 12.8. The van der Waals surface area contributed by atoms with E-state index in [2.05, 4.69) is 143 Å². The Morgan fingerprint density at radius 2 is 1.07 bits per heavy atom. The van der Waals surface area contributed by atoms with Crippen LogP contribution in [0.3, 0.4) is 0 Å². The zero-order chi connectivity index (χ0) is 29.1. The van der Waals surface area contributed by atoms with Crippen molar-refractivity contribution >= 4 is 17.5 Å². The van der Waals surface area contributed by atoms with Gasteiger partial charge in [-0.15, -0.1) is 0 Å². The molecule has 0 amide bonds. The van der Waals surface area contributed by atoms with Gasteiger partial charge in [-0.1, -0.05) is 119 Å². The Kier molecular flexibility index (Phi) is 6.22. The summed E-state index contributed by atoms with van der Waals surface area (Å²) in [6.07, 6.45) is 1.86. The van der Waals surface area contributed by atoms with E-state index in [1.807, 2.05) is 6.08 Å². The van der Waals surface area contributed by atoms with E-state index in [9.17, 15) is 0 Å². The van der Waals surface area contributed by atoms with E-state index in [0.717, 1.165) is 16.9 Å². The van der Waals surface area contributed by atoms with E-state index in [1.54, 1.807) is 0 Å². The summed E-state index contributed by atoms with van der Waals surface area (Å²) in [5.41, 5.74) is 16.5. The van der Waals surface area contributed by atoms with Gasteiger partial charge in [0.1, 0.15) is 0 Å². The smallest absolute Gasteiger partial charge is 0.0721 e. The van der Waals surface area contributed by atoms with E-state index in [-0.39, 0.29) is 10.8 Å². The summed E-state index contributed by atoms with van der Waals surface area (Å²) in [4.78, 5) is 0. The van der Waals surface area contributed by atoms with E-state index < -0.39 is 0 Å². The second kappa shape index (κ2) is 9.86. The highest BCUT2D eigenvalue weighted by atomic mass is 16.5. The van der Waals surface area contributed by atoms with E-state index in [4.69, 9.17) is 4.74 Å². The van der Waals surface area contributed by atoms with E-state index in [0.29, 0.717) is 13.2 Å². The predicted molar refractivity (Wildman–Crippen MR) is 176 cm³/mol. The summed E-state index contributed by atoms with van der Waals surface area (Å²) in [5.74, 6) is 0. The van der Waals surface area contributed by atoms with Crippen LogP contribution in [-0.2, 0) is 28.8 Å². The largest absolute Gasteiger partial charge is 0.372 e. The molecular formula is C40H37NO. The summed E-state index contributed by atoms with van der Waals surface area (Å²) >= 11 is 0. The zero-order valence-electron chi connectivity index (χ0n) is 24.9. The standard InChI is InChI=1S/C40H37NO/c1-6-26-11-13-27(14-12-26)24-42-25-28-15-18-32-34-20-17-30(23-38(34)40(4,5)36(32)21-28)41-29-16-19-33-31-9-7-8-10-35(31)39(2,3)37(33)22-29/h6-23,41H,1,24-25H2,2-5H3. The first-order valence-corrected chi connectivity index (χ1v) is 14.8. The van der Waals surface area contributed by atoms with E-state index in [1.165, 1.54) is 55.6 Å². The van der Waals surface area contributed by atoms with Gasteiger partial charge in [-0.25, -0.2) is 0 Å². The van der Waals surface area contributed by atoms with Crippen LogP contribution in [0.15, 0.2) is 110 Å². The van der Waals surface area contributed by atoms with Crippen molar-refractivity contribution in [1.82, 2.24) is 0 Å². The van der Waals surface area contributed by atoms with Crippen molar-refractivity contribution in [3.63, 3.8) is 0 Å². The average Bonchev–Trinajstić information content (AvgIpc) is 3.36. The molecule has 2 aliphatic carbocycles. The Hall–Kier alpha value is -4.40. The number of anilines is 2. The molecule has 0 atom stereocenters. The monoisotopic (exact) mass is 547 g/mol. The van der Waals surface area contributed by atoms with Crippen LogP contribution in [0.5, 0.6) is 0 Å². The molecule has 2 nitrogen and oxygen atoms in total. The predicted octanol–water partition coefficient (Wildman–Crippen LogP) is 10.4. The van der Waals surface area contributed by atoms with Gasteiger partial charge in [-0.3, -0.25) is 0 Å². The van der Waals surface area contributed by atoms with Crippen molar-refractivity contribution in [2.24, 2.45) is 0 Å². The molecule has 0 radical (unpaired) electrons. The number of hydrogen-bond donors (Lipinski definition) is 1. The summed E-state index contributed by atoms with van der Waals surface area (Å²) < 4.78 is 6.10. The lowest BCUT2D eigenvalue weighted by atomic mass is 9.82. The maximum absolute atomic E-state index is 6.10. The molecule has 0 bridgehead atoms. The first-order valence-electron chi connectivity index (χ1n) is 14.8. The van der Waals surface area contributed by atoms with Crippen LogP contribution in [0.2, 0.25) is 0 Å². The maximum atomic E-state index is 6.10. The highest BCUT2D eigenvalue weighted by Gasteiger charge is 2.37. The summed E-state index contributed by atoms with van der Waals surface area (Å²) in [5, 5.41) is 3.73. The SMILES string of the molecule is C=Cc1ccc(COCc2ccc3c(c2)C(C)(C)c2cc(Nc4ccc5c(c4)C(C)(C)c4ccccc4-5)ccc2-3)cc1. The minimum Gasteiger partial charge on any atom is -0.372 e. The minimum atomic E-state index is -0.0968. The molecule has 5 aromatic carbocycles. The fraction of sp³-hybridized carbons (Fsp3) is 0.200. The fourth-order valence-electron chi connectivity index (χ4n) is 6.94. The Labute approximate surface area is 249 Å². The third-order valence-corrected chi connectivity index (χ3v) is 9.37. The highest BCUT2D eigenvalue weighted by Crippen LogP contribution is 2.51. The van der Waals surface area contributed by atoms with Gasteiger partial charge in [0.25, 0.3) is 0 Å². The molecule has 2 aliphatic rings. The van der Waals surface area contributed by atoms with Crippen molar-refractivity contribution < 1.29 is 4.74 Å². The number of rotatable bonds is 7. The Bertz CT molecular complexity index is 1840. The van der Waals surface area contributed by atoms with Crippen LogP contribution in [0, 0.1) is 0 Å². The summed E-state index contributed by atoms with van der Waals surface area (Å²) in [6.45, 7) is 14.3. The molecule has 0 saturated carbocycles. The summed E-state index contributed by atoms with van der Waals surface area (Å²) in [7, 11) is 0. The van der Waals surface area contributed by atoms with Crippen molar-refractivity contribution in [3.8, 4) is 22.3 Å². The molecule has 1 N–H and O–H groups in total. The number of nitrogens with one attached hydrogen (secondary N) is 1. The van der Waals surface area contributed by atoms with Gasteiger partial charge in [0.2, 0.25) is 0 Å². The number of fused-ring (bicyclic) bond motifs is 6. The van der Waals surface area contributed by atoms with Gasteiger partial charge < -0.3 is 10.1 Å². The quantitative estimate of drug-likeness (QED) is 0.219. The number of ether oxygens (including phenoxy) is 1. The third kappa shape index (κ3) is 4.30. The fourth-order valence-corrected chi connectivity index (χ4v) is 6.94. The molecule has 0 saturated heterocycles. The molecule has 7 rings (SSSR count). The first-order chi connectivity index (χ1) is 20.3. The molecule has 0 fully saturated rings. The van der Waals surface area contributed by atoms with Gasteiger partial charge in [0.05, 0.1) is 13.2 Å². The lowest BCUT2D eigenvalue weighted by Gasteiger charge is -2.23. The van der Waals surface area contributed by atoms with Gasteiger partial charge in [-0.05, 0) is 85.5 Å². The summed E-state index contributed by atoms with van der Waals surface area (Å²) in [6, 6.07) is 37.6. The van der Waals surface area contributed by atoms with Crippen LogP contribution >= 0.6 is 0 Å². The van der Waals surface area contributed by atoms with Gasteiger partial charge >= 0.3 is 0 Å². The minimum absolute atomic E-state index is 0.0112. The van der Waals surface area contributed by atoms with Crippen molar-refractivity contribution in [2.75, 3.05) is 5.32 Å². The molecule has 0 unspecified atom stereocenters.